The predicted molar refractivity (Wildman–Crippen MR) is 228 cm³/mol. The van der Waals surface area contributed by atoms with Crippen molar-refractivity contribution in [2.24, 2.45) is 0 Å². The second-order valence-corrected chi connectivity index (χ2v) is 58.5. The van der Waals surface area contributed by atoms with Crippen LogP contribution in [0.2, 0.25) is 118 Å². The minimum atomic E-state index is -3.80. The van der Waals surface area contributed by atoms with Gasteiger partial charge in [0, 0.05) is 48.4 Å². The van der Waals surface area contributed by atoms with Gasteiger partial charge < -0.3 is 16.9 Å². The first-order valence-corrected chi connectivity index (χ1v) is 41.8. The second kappa shape index (κ2) is 13.2. The average molecular weight is 748 g/mol. The summed E-state index contributed by atoms with van der Waals surface area (Å²) in [6.45, 7) is 52.8. The second-order valence-electron chi connectivity index (χ2n) is 21.0. The summed E-state index contributed by atoms with van der Waals surface area (Å²) in [5, 5.41) is 3.69. The van der Waals surface area contributed by atoms with Gasteiger partial charge in [-0.25, -0.2) is 0 Å². The molecule has 0 saturated carbocycles. The van der Waals surface area contributed by atoms with Crippen LogP contribution in [-0.2, 0) is 12.1 Å². The van der Waals surface area contributed by atoms with Crippen LogP contribution in [0.3, 0.4) is 0 Å². The molecular formula is C36H70OSSi7-2. The van der Waals surface area contributed by atoms with Gasteiger partial charge in [0.15, 0.2) is 0 Å². The fourth-order valence-electron chi connectivity index (χ4n) is 10.3. The highest BCUT2D eigenvalue weighted by Crippen LogP contribution is 2.44. The molecule has 1 atom stereocenters. The molecule has 0 radical (unpaired) electrons. The molecule has 0 amide bonds. The molecule has 0 saturated heterocycles. The van der Waals surface area contributed by atoms with Gasteiger partial charge in [-0.1, -0.05) is 180 Å². The van der Waals surface area contributed by atoms with E-state index in [1.165, 1.54) is 16.7 Å². The van der Waals surface area contributed by atoms with Crippen LogP contribution in [0.4, 0.5) is 0 Å². The van der Waals surface area contributed by atoms with Gasteiger partial charge in [0.1, 0.15) is 0 Å². The summed E-state index contributed by atoms with van der Waals surface area (Å²) < 4.78 is 0. The summed E-state index contributed by atoms with van der Waals surface area (Å²) in [7, 11) is -14.1. The molecule has 256 valence electrons. The van der Waals surface area contributed by atoms with Crippen LogP contribution in [0, 0.1) is 20.8 Å². The first-order chi connectivity index (χ1) is 19.6. The number of aryl methyl sites for hydroxylation is 3. The van der Waals surface area contributed by atoms with Gasteiger partial charge in [-0.3, -0.25) is 0 Å². The van der Waals surface area contributed by atoms with E-state index in [4.69, 9.17) is 12.1 Å². The van der Waals surface area contributed by atoms with E-state index in [2.05, 4.69) is 163 Å². The van der Waals surface area contributed by atoms with Crippen molar-refractivity contribution in [3.8, 4) is 0 Å². The van der Waals surface area contributed by atoms with E-state index in [-0.39, 0.29) is 0 Å². The lowest BCUT2D eigenvalue weighted by atomic mass is 10.1. The Bertz CT molecular complexity index is 1260. The Labute approximate surface area is 293 Å². The monoisotopic (exact) mass is 746 g/mol. The maximum atomic E-state index is 16.1. The molecule has 0 fully saturated rings. The van der Waals surface area contributed by atoms with Gasteiger partial charge in [0.25, 0.3) is 0 Å². The quantitative estimate of drug-likeness (QED) is 0.169. The molecule has 45 heavy (non-hydrogen) atoms. The van der Waals surface area contributed by atoms with Gasteiger partial charge in [-0.05, 0) is 41.8 Å². The highest BCUT2D eigenvalue weighted by molar-refractivity contribution is 8.00. The Morgan fingerprint density at radius 2 is 0.711 bits per heavy atom. The lowest BCUT2D eigenvalue weighted by Crippen LogP contribution is -2.72. The lowest BCUT2D eigenvalue weighted by molar-refractivity contribution is -0.189. The van der Waals surface area contributed by atoms with Gasteiger partial charge in [0.05, 0.1) is 0 Å². The molecule has 0 heterocycles. The maximum Gasteiger partial charge on any atom is 0.0493 e. The Morgan fingerprint density at radius 1 is 0.444 bits per heavy atom. The van der Waals surface area contributed by atoms with Gasteiger partial charge in [0.2, 0.25) is 0 Å². The fourth-order valence-corrected chi connectivity index (χ4v) is 53.3. The van der Waals surface area contributed by atoms with E-state index in [9.17, 15) is 0 Å². The zero-order chi connectivity index (χ0) is 35.7. The molecule has 0 aromatic heterocycles. The third-order valence-electron chi connectivity index (χ3n) is 9.71. The van der Waals surface area contributed by atoms with Crippen molar-refractivity contribution in [2.45, 2.75) is 154 Å². The van der Waals surface area contributed by atoms with E-state index in [1.54, 1.807) is 5.56 Å². The molecule has 9 heteroatoms. The molecule has 0 aliphatic rings. The first kappa shape index (κ1) is 41.4. The van der Waals surface area contributed by atoms with Gasteiger partial charge >= 0.3 is 0 Å². The third-order valence-corrected chi connectivity index (χ3v) is 41.5. The van der Waals surface area contributed by atoms with Crippen molar-refractivity contribution in [3.05, 3.63) is 57.6 Å². The van der Waals surface area contributed by atoms with Crippen LogP contribution in [-0.4, -0.2) is 55.9 Å². The normalized spacial score (nSPS) is 15.8. The van der Waals surface area contributed by atoms with Crippen molar-refractivity contribution in [2.75, 3.05) is 0 Å². The van der Waals surface area contributed by atoms with E-state index >= 15 is 4.80 Å². The molecule has 0 N–H and O–H groups in total. The third kappa shape index (κ3) is 9.29. The summed E-state index contributed by atoms with van der Waals surface area (Å²) in [6, 6.07) is 9.74. The van der Waals surface area contributed by atoms with Gasteiger partial charge in [-0.2, -0.15) is 0 Å². The molecule has 0 bridgehead atoms. The van der Waals surface area contributed by atoms with Crippen LogP contribution >= 0.6 is 0 Å². The van der Waals surface area contributed by atoms with E-state index < -0.39 is 55.9 Å². The Balaban J connectivity index is 3.53. The summed E-state index contributed by atoms with van der Waals surface area (Å²) in [6.07, 6.45) is 0. The SMILES string of the molecule is Cc1cc(C)c([Si]([O-])([S-])c2c(C([Si](C)(C)C)[Si](C)(C)C)cc(C([Si](C)(C)C)[Si](C)(C)C)cc2C([Si](C)(C)C)[Si](C)(C)C)c(C)c1. The molecule has 2 rings (SSSR count). The highest BCUT2D eigenvalue weighted by Gasteiger charge is 2.47. The molecule has 0 aliphatic heterocycles. The Kier molecular flexibility index (Phi) is 12.1. The van der Waals surface area contributed by atoms with Crippen molar-refractivity contribution < 1.29 is 4.80 Å². The standard InChI is InChI=1S/C36H70OSSi7/c1-26-22-27(2)32(28(3)23-26)45(37,38)33-30(35(41(10,11)12)42(13,14)15)24-29(34(39(4,5)6)40(7,8)9)25-31(33)36(43(16,17)18)44(19,20)21/h22-25,34-36H,1-21H3/q-2. The van der Waals surface area contributed by atoms with Crippen molar-refractivity contribution in [1.29, 1.82) is 0 Å². The van der Waals surface area contributed by atoms with E-state index in [0.29, 0.717) is 15.5 Å². The lowest BCUT2D eigenvalue weighted by Gasteiger charge is -2.57. The molecule has 1 unspecified atom stereocenters. The summed E-state index contributed by atoms with van der Waals surface area (Å²) in [4.78, 5) is 16.1. The molecule has 1 nitrogen and oxygen atoms in total. The molecule has 0 spiro atoms. The molecule has 0 aliphatic carbocycles. The molecule has 2 aromatic rings. The minimum Gasteiger partial charge on any atom is -0.867 e. The van der Waals surface area contributed by atoms with Crippen molar-refractivity contribution >= 4 is 78.4 Å². The van der Waals surface area contributed by atoms with Crippen molar-refractivity contribution in [1.82, 2.24) is 0 Å². The van der Waals surface area contributed by atoms with Crippen LogP contribution < -0.4 is 15.2 Å². The van der Waals surface area contributed by atoms with Crippen LogP contribution in [0.1, 0.15) is 48.9 Å². The number of hydrogen-bond acceptors (Lipinski definition) is 2. The largest absolute Gasteiger partial charge is 0.867 e. The predicted octanol–water partition coefficient (Wildman–Crippen LogP) is 9.59. The van der Waals surface area contributed by atoms with Crippen LogP contribution in [0.5, 0.6) is 0 Å². The van der Waals surface area contributed by atoms with Crippen molar-refractivity contribution in [3.63, 3.8) is 0 Å². The van der Waals surface area contributed by atoms with Crippen LogP contribution in [0.25, 0.3) is 0 Å². The molecule has 2 aromatic carbocycles. The first-order valence-electron chi connectivity index (χ1n) is 17.3. The maximum absolute atomic E-state index is 16.1. The fraction of sp³-hybridized carbons (Fsp3) is 0.667. The molecular weight excluding hydrogens is 677 g/mol. The highest BCUT2D eigenvalue weighted by atomic mass is 32.3. The Morgan fingerprint density at radius 3 is 0.956 bits per heavy atom. The summed E-state index contributed by atoms with van der Waals surface area (Å²) >= 11 is 6.72. The minimum absolute atomic E-state index is 0.473. The summed E-state index contributed by atoms with van der Waals surface area (Å²) in [5.74, 6) is 0. The topological polar surface area (TPSA) is 23.1 Å². The Hall–Kier alpha value is 0.268. The van der Waals surface area contributed by atoms with E-state index in [1.807, 2.05) is 0 Å². The summed E-state index contributed by atoms with van der Waals surface area (Å²) in [5.41, 5.74) is 7.88. The number of hydrogen-bond donors (Lipinski definition) is 0. The number of benzene rings is 2. The smallest absolute Gasteiger partial charge is 0.0493 e. The van der Waals surface area contributed by atoms with Gasteiger partial charge in [-0.15, -0.1) is 7.47 Å². The zero-order valence-corrected chi connectivity index (χ0v) is 41.2. The average Bonchev–Trinajstić information content (AvgIpc) is 2.65. The zero-order valence-electron chi connectivity index (χ0n) is 33.4. The van der Waals surface area contributed by atoms with E-state index in [0.717, 1.165) is 21.5 Å². The van der Waals surface area contributed by atoms with Crippen LogP contribution in [0.15, 0.2) is 24.3 Å². The number of rotatable bonds is 11.